The first-order valence-electron chi connectivity index (χ1n) is 8.28. The van der Waals surface area contributed by atoms with Crippen molar-refractivity contribution in [2.75, 3.05) is 30.9 Å². The molecule has 0 bridgehead atoms. The zero-order chi connectivity index (χ0) is 15.4. The van der Waals surface area contributed by atoms with E-state index in [1.165, 1.54) is 37.3 Å². The van der Waals surface area contributed by atoms with E-state index in [9.17, 15) is 4.79 Å². The minimum Gasteiger partial charge on any atom is -0.300 e. The summed E-state index contributed by atoms with van der Waals surface area (Å²) < 4.78 is 0. The summed E-state index contributed by atoms with van der Waals surface area (Å²) in [4.78, 5) is 16.7. The van der Waals surface area contributed by atoms with Crippen molar-refractivity contribution in [3.63, 3.8) is 0 Å². The van der Waals surface area contributed by atoms with Gasteiger partial charge in [-0.15, -0.1) is 11.8 Å². The lowest BCUT2D eigenvalue weighted by atomic mass is 9.88. The number of thioether (sulfide) groups is 2. The third-order valence-electron chi connectivity index (χ3n) is 4.90. The third-order valence-corrected chi connectivity index (χ3v) is 6.75. The fourth-order valence-corrected chi connectivity index (χ4v) is 5.36. The third kappa shape index (κ3) is 3.72. The van der Waals surface area contributed by atoms with Crippen molar-refractivity contribution in [3.05, 3.63) is 29.8 Å². The Balaban J connectivity index is 1.69. The fraction of sp³-hybridized carbons (Fsp3) is 0.611. The molecule has 0 saturated carbocycles. The molecule has 1 aromatic carbocycles. The van der Waals surface area contributed by atoms with Crippen LogP contribution in [0.25, 0.3) is 0 Å². The molecule has 1 atom stereocenters. The molecule has 0 aliphatic carbocycles. The Bertz CT molecular complexity index is 514. The molecule has 0 unspecified atom stereocenters. The lowest BCUT2D eigenvalue weighted by molar-refractivity contribution is 0.0738. The number of carbonyl (C=O) groups is 1. The second kappa shape index (κ2) is 7.89. The zero-order valence-corrected chi connectivity index (χ0v) is 14.9. The molecule has 2 aliphatic heterocycles. The van der Waals surface area contributed by atoms with Crippen LogP contribution in [0.2, 0.25) is 0 Å². The van der Waals surface area contributed by atoms with E-state index in [1.807, 2.05) is 18.2 Å². The van der Waals surface area contributed by atoms with Crippen molar-refractivity contribution in [1.82, 2.24) is 4.90 Å². The van der Waals surface area contributed by atoms with Crippen molar-refractivity contribution in [3.8, 4) is 0 Å². The van der Waals surface area contributed by atoms with Crippen molar-refractivity contribution in [2.45, 2.75) is 36.6 Å². The number of ketones is 1. The van der Waals surface area contributed by atoms with E-state index in [1.54, 1.807) is 11.8 Å². The first-order chi connectivity index (χ1) is 10.8. The molecule has 3 rings (SSSR count). The molecule has 120 valence electrons. The van der Waals surface area contributed by atoms with Crippen LogP contribution in [0.3, 0.4) is 0 Å². The number of benzene rings is 1. The van der Waals surface area contributed by atoms with Crippen molar-refractivity contribution >= 4 is 29.3 Å². The van der Waals surface area contributed by atoms with Gasteiger partial charge in [-0.1, -0.05) is 18.2 Å². The van der Waals surface area contributed by atoms with Gasteiger partial charge < -0.3 is 0 Å². The standard InChI is InChI=1S/C18H25NOS2/c1-21-17-7-3-2-6-16(17)18(20)14-5-4-10-19(13-14)15-8-11-22-12-9-15/h2-3,6-7,14-15H,4-5,8-13H2,1H3/t14-/m1/s1. The van der Waals surface area contributed by atoms with Gasteiger partial charge in [0.2, 0.25) is 0 Å². The molecule has 2 aliphatic rings. The highest BCUT2D eigenvalue weighted by molar-refractivity contribution is 7.99. The van der Waals surface area contributed by atoms with Gasteiger partial charge in [0.15, 0.2) is 5.78 Å². The predicted octanol–water partition coefficient (Wildman–Crippen LogP) is 4.20. The second-order valence-electron chi connectivity index (χ2n) is 6.24. The summed E-state index contributed by atoms with van der Waals surface area (Å²) in [7, 11) is 0. The molecule has 2 nitrogen and oxygen atoms in total. The maximum absolute atomic E-state index is 13.0. The number of piperidine rings is 1. The molecule has 0 amide bonds. The summed E-state index contributed by atoms with van der Waals surface area (Å²) in [5, 5.41) is 0. The van der Waals surface area contributed by atoms with Crippen LogP contribution in [-0.4, -0.2) is 47.6 Å². The Morgan fingerprint density at radius 2 is 2.00 bits per heavy atom. The number of Topliss-reactive ketones (excluding diaryl/α,β-unsaturated/α-hetero) is 1. The average molecular weight is 336 g/mol. The summed E-state index contributed by atoms with van der Waals surface area (Å²) in [6, 6.07) is 8.80. The van der Waals surface area contributed by atoms with E-state index >= 15 is 0 Å². The largest absolute Gasteiger partial charge is 0.300 e. The number of likely N-dealkylation sites (tertiary alicyclic amines) is 1. The minimum absolute atomic E-state index is 0.191. The van der Waals surface area contributed by atoms with Crippen molar-refractivity contribution in [2.24, 2.45) is 5.92 Å². The van der Waals surface area contributed by atoms with Crippen LogP contribution in [0.4, 0.5) is 0 Å². The fourth-order valence-electron chi connectivity index (χ4n) is 3.67. The van der Waals surface area contributed by atoms with Crippen molar-refractivity contribution in [1.29, 1.82) is 0 Å². The predicted molar refractivity (Wildman–Crippen MR) is 97.2 cm³/mol. The van der Waals surface area contributed by atoms with E-state index in [-0.39, 0.29) is 5.92 Å². The number of hydrogen-bond donors (Lipinski definition) is 0. The van der Waals surface area contributed by atoms with Gasteiger partial charge in [0, 0.05) is 29.0 Å². The van der Waals surface area contributed by atoms with E-state index in [2.05, 4.69) is 29.0 Å². The average Bonchev–Trinajstić information content (AvgIpc) is 2.62. The van der Waals surface area contributed by atoms with Gasteiger partial charge in [-0.2, -0.15) is 11.8 Å². The number of nitrogens with zero attached hydrogens (tertiary/aromatic N) is 1. The Morgan fingerprint density at radius 3 is 2.77 bits per heavy atom. The monoisotopic (exact) mass is 335 g/mol. The summed E-state index contributed by atoms with van der Waals surface area (Å²) in [6.45, 7) is 2.15. The summed E-state index contributed by atoms with van der Waals surface area (Å²) in [6.07, 6.45) is 6.87. The maximum Gasteiger partial charge on any atom is 0.168 e. The van der Waals surface area contributed by atoms with Crippen LogP contribution in [0, 0.1) is 5.92 Å². The Morgan fingerprint density at radius 1 is 1.23 bits per heavy atom. The molecule has 0 N–H and O–H groups in total. The van der Waals surface area contributed by atoms with Crippen molar-refractivity contribution < 1.29 is 4.79 Å². The van der Waals surface area contributed by atoms with Crippen LogP contribution in [0.15, 0.2) is 29.2 Å². The highest BCUT2D eigenvalue weighted by atomic mass is 32.2. The first-order valence-corrected chi connectivity index (χ1v) is 10.7. The van der Waals surface area contributed by atoms with Gasteiger partial charge in [0.05, 0.1) is 0 Å². The minimum atomic E-state index is 0.191. The van der Waals surface area contributed by atoms with Crippen LogP contribution in [0.5, 0.6) is 0 Å². The molecule has 22 heavy (non-hydrogen) atoms. The SMILES string of the molecule is CSc1ccccc1C(=O)[C@@H]1CCCN(C2CCSCC2)C1. The van der Waals surface area contributed by atoms with Crippen LogP contribution in [-0.2, 0) is 0 Å². The number of hydrogen-bond acceptors (Lipinski definition) is 4. The highest BCUT2D eigenvalue weighted by Gasteiger charge is 2.31. The first kappa shape index (κ1) is 16.4. The molecule has 4 heteroatoms. The highest BCUT2D eigenvalue weighted by Crippen LogP contribution is 2.30. The molecule has 0 radical (unpaired) electrons. The Kier molecular flexibility index (Phi) is 5.89. The molecule has 1 aromatic rings. The molecule has 0 aromatic heterocycles. The topological polar surface area (TPSA) is 20.3 Å². The lowest BCUT2D eigenvalue weighted by Crippen LogP contribution is -2.46. The molecular formula is C18H25NOS2. The van der Waals surface area contributed by atoms with Gasteiger partial charge in [0.1, 0.15) is 0 Å². The van der Waals surface area contributed by atoms with Gasteiger partial charge in [-0.25, -0.2) is 0 Å². The lowest BCUT2D eigenvalue weighted by Gasteiger charge is -2.39. The van der Waals surface area contributed by atoms with E-state index in [4.69, 9.17) is 0 Å². The van der Waals surface area contributed by atoms with Gasteiger partial charge in [0.25, 0.3) is 0 Å². The van der Waals surface area contributed by atoms with Gasteiger partial charge in [-0.05, 0) is 56.1 Å². The zero-order valence-electron chi connectivity index (χ0n) is 13.3. The van der Waals surface area contributed by atoms with Crippen LogP contribution in [0.1, 0.15) is 36.0 Å². The van der Waals surface area contributed by atoms with E-state index in [0.717, 1.165) is 23.4 Å². The van der Waals surface area contributed by atoms with Crippen LogP contribution >= 0.6 is 23.5 Å². The van der Waals surface area contributed by atoms with Gasteiger partial charge >= 0.3 is 0 Å². The Hall–Kier alpha value is -0.450. The molecule has 2 heterocycles. The van der Waals surface area contributed by atoms with E-state index in [0.29, 0.717) is 11.8 Å². The van der Waals surface area contributed by atoms with E-state index < -0.39 is 0 Å². The maximum atomic E-state index is 13.0. The summed E-state index contributed by atoms with van der Waals surface area (Å²) >= 11 is 3.75. The normalized spacial score (nSPS) is 24.3. The quantitative estimate of drug-likeness (QED) is 0.607. The smallest absolute Gasteiger partial charge is 0.168 e. The molecule has 0 spiro atoms. The number of rotatable bonds is 4. The summed E-state index contributed by atoms with van der Waals surface area (Å²) in [5.74, 6) is 3.13. The Labute approximate surface area is 142 Å². The van der Waals surface area contributed by atoms with Crippen LogP contribution < -0.4 is 0 Å². The number of carbonyl (C=O) groups excluding carboxylic acids is 1. The molecular weight excluding hydrogens is 310 g/mol. The molecule has 2 fully saturated rings. The second-order valence-corrected chi connectivity index (χ2v) is 8.31. The molecule has 2 saturated heterocycles. The summed E-state index contributed by atoms with van der Waals surface area (Å²) in [5.41, 5.74) is 0.932. The van der Waals surface area contributed by atoms with Gasteiger partial charge in [-0.3, -0.25) is 9.69 Å².